The third kappa shape index (κ3) is 6.99. The first-order valence-electron chi connectivity index (χ1n) is 11.1. The van der Waals surface area contributed by atoms with Crippen LogP contribution in [0.15, 0.2) is 72.8 Å². The molecule has 0 saturated heterocycles. The molecule has 1 N–H and O–H groups in total. The molecule has 3 aromatic rings. The highest BCUT2D eigenvalue weighted by molar-refractivity contribution is 7.92. The largest absolute Gasteiger partial charge is 0.494 e. The van der Waals surface area contributed by atoms with Crippen molar-refractivity contribution >= 4 is 21.6 Å². The van der Waals surface area contributed by atoms with Crippen LogP contribution in [-0.2, 0) is 23.1 Å². The zero-order chi connectivity index (χ0) is 24.6. The number of sulfonamides is 1. The van der Waals surface area contributed by atoms with Crippen molar-refractivity contribution in [3.63, 3.8) is 0 Å². The van der Waals surface area contributed by atoms with E-state index >= 15 is 0 Å². The number of nitrogens with one attached hydrogen (secondary N) is 1. The molecule has 0 aliphatic rings. The Balaban J connectivity index is 1.64. The van der Waals surface area contributed by atoms with Crippen molar-refractivity contribution in [1.82, 2.24) is 5.32 Å². The second kappa shape index (κ2) is 11.6. The number of ether oxygens (including phenoxy) is 2. The summed E-state index contributed by atoms with van der Waals surface area (Å²) in [6.45, 7) is 5.51. The van der Waals surface area contributed by atoms with Crippen LogP contribution < -0.4 is 19.1 Å². The fourth-order valence-corrected chi connectivity index (χ4v) is 4.25. The Bertz CT molecular complexity index is 1180. The molecular formula is C26H30N2O5S. The van der Waals surface area contributed by atoms with Crippen LogP contribution in [0.1, 0.15) is 35.3 Å². The van der Waals surface area contributed by atoms with E-state index in [0.717, 1.165) is 16.9 Å². The average molecular weight is 483 g/mol. The van der Waals surface area contributed by atoms with Crippen molar-refractivity contribution < 1.29 is 22.7 Å². The quantitative estimate of drug-likeness (QED) is 0.438. The lowest BCUT2D eigenvalue weighted by Gasteiger charge is -2.23. The van der Waals surface area contributed by atoms with Gasteiger partial charge >= 0.3 is 0 Å². The second-order valence-corrected chi connectivity index (χ2v) is 9.56. The van der Waals surface area contributed by atoms with E-state index < -0.39 is 10.0 Å². The number of anilines is 1. The van der Waals surface area contributed by atoms with Gasteiger partial charge < -0.3 is 14.8 Å². The fraction of sp³-hybridized carbons (Fsp3) is 0.269. The van der Waals surface area contributed by atoms with E-state index in [4.69, 9.17) is 9.47 Å². The van der Waals surface area contributed by atoms with Crippen molar-refractivity contribution in [1.29, 1.82) is 0 Å². The van der Waals surface area contributed by atoms with Crippen LogP contribution in [0.4, 0.5) is 5.69 Å². The van der Waals surface area contributed by atoms with Crippen LogP contribution in [0.5, 0.6) is 11.5 Å². The lowest BCUT2D eigenvalue weighted by atomic mass is 10.1. The van der Waals surface area contributed by atoms with E-state index in [-0.39, 0.29) is 12.5 Å². The molecular weight excluding hydrogens is 452 g/mol. The summed E-state index contributed by atoms with van der Waals surface area (Å²) in [5.41, 5.74) is 2.78. The van der Waals surface area contributed by atoms with Crippen LogP contribution in [0.3, 0.4) is 0 Å². The molecule has 0 aromatic heterocycles. The Kier molecular flexibility index (Phi) is 8.54. The van der Waals surface area contributed by atoms with Gasteiger partial charge in [-0.2, -0.15) is 0 Å². The molecule has 3 rings (SSSR count). The normalized spacial score (nSPS) is 11.0. The lowest BCUT2D eigenvalue weighted by molar-refractivity contribution is 0.0951. The standard InChI is InChI=1S/C26H30N2O5S/c1-4-32-24-14-8-20(9-15-24)18-27-26(29)22-10-6-21(7-11-22)19-28(34(3,30)31)23-12-16-25(17-13-23)33-5-2/h6-17H,4-5,18-19H2,1-3H3,(H,27,29). The smallest absolute Gasteiger partial charge is 0.251 e. The van der Waals surface area contributed by atoms with Crippen molar-refractivity contribution in [3.05, 3.63) is 89.5 Å². The van der Waals surface area contributed by atoms with E-state index in [1.54, 1.807) is 48.5 Å². The molecule has 7 nitrogen and oxygen atoms in total. The van der Waals surface area contributed by atoms with E-state index in [0.29, 0.717) is 36.8 Å². The van der Waals surface area contributed by atoms with Gasteiger partial charge in [0, 0.05) is 12.1 Å². The minimum Gasteiger partial charge on any atom is -0.494 e. The van der Waals surface area contributed by atoms with Gasteiger partial charge in [-0.25, -0.2) is 8.42 Å². The molecule has 0 radical (unpaired) electrons. The number of hydrogen-bond acceptors (Lipinski definition) is 5. The zero-order valence-electron chi connectivity index (χ0n) is 19.7. The number of carbonyl (C=O) groups is 1. The van der Waals surface area contributed by atoms with E-state index in [2.05, 4.69) is 5.32 Å². The topological polar surface area (TPSA) is 84.9 Å². The Morgan fingerprint density at radius 2 is 1.29 bits per heavy atom. The van der Waals surface area contributed by atoms with Crippen molar-refractivity contribution in [3.8, 4) is 11.5 Å². The number of hydrogen-bond donors (Lipinski definition) is 1. The molecule has 0 spiro atoms. The van der Waals surface area contributed by atoms with Crippen LogP contribution in [0.25, 0.3) is 0 Å². The van der Waals surface area contributed by atoms with Gasteiger partial charge in [-0.05, 0) is 73.5 Å². The molecule has 0 bridgehead atoms. The first-order chi connectivity index (χ1) is 16.3. The molecule has 0 unspecified atom stereocenters. The van der Waals surface area contributed by atoms with E-state index in [1.165, 1.54) is 10.6 Å². The molecule has 3 aromatic carbocycles. The predicted octanol–water partition coefficient (Wildman–Crippen LogP) is 4.38. The third-order valence-corrected chi connectivity index (χ3v) is 6.21. The molecule has 0 aliphatic heterocycles. The average Bonchev–Trinajstić information content (AvgIpc) is 2.83. The Labute approximate surface area is 201 Å². The number of carbonyl (C=O) groups excluding carboxylic acids is 1. The van der Waals surface area contributed by atoms with Gasteiger partial charge in [-0.1, -0.05) is 24.3 Å². The number of rotatable bonds is 11. The van der Waals surface area contributed by atoms with Gasteiger partial charge in [0.15, 0.2) is 0 Å². The van der Waals surface area contributed by atoms with Crippen LogP contribution in [0.2, 0.25) is 0 Å². The van der Waals surface area contributed by atoms with Crippen molar-refractivity contribution in [2.45, 2.75) is 26.9 Å². The first-order valence-corrected chi connectivity index (χ1v) is 12.9. The van der Waals surface area contributed by atoms with E-state index in [1.807, 2.05) is 38.1 Å². The predicted molar refractivity (Wildman–Crippen MR) is 134 cm³/mol. The summed E-state index contributed by atoms with van der Waals surface area (Å²) in [5, 5.41) is 2.89. The van der Waals surface area contributed by atoms with Gasteiger partial charge in [0.05, 0.1) is 31.7 Å². The van der Waals surface area contributed by atoms with Gasteiger partial charge in [-0.3, -0.25) is 9.10 Å². The van der Waals surface area contributed by atoms with Gasteiger partial charge in [0.2, 0.25) is 10.0 Å². The number of benzene rings is 3. The van der Waals surface area contributed by atoms with Crippen molar-refractivity contribution in [2.75, 3.05) is 23.8 Å². The molecule has 0 saturated carbocycles. The first kappa shape index (κ1) is 25.1. The summed E-state index contributed by atoms with van der Waals surface area (Å²) in [4.78, 5) is 12.5. The highest BCUT2D eigenvalue weighted by Gasteiger charge is 2.18. The van der Waals surface area contributed by atoms with E-state index in [9.17, 15) is 13.2 Å². The second-order valence-electron chi connectivity index (χ2n) is 7.65. The monoisotopic (exact) mass is 482 g/mol. The maximum Gasteiger partial charge on any atom is 0.251 e. The molecule has 0 aliphatic carbocycles. The SMILES string of the molecule is CCOc1ccc(CNC(=O)c2ccc(CN(c3ccc(OCC)cc3)S(C)(=O)=O)cc2)cc1. The third-order valence-electron chi connectivity index (χ3n) is 5.07. The maximum atomic E-state index is 12.5. The number of amides is 1. The van der Waals surface area contributed by atoms with Gasteiger partial charge in [0.1, 0.15) is 11.5 Å². The van der Waals surface area contributed by atoms with Gasteiger partial charge in [-0.15, -0.1) is 0 Å². The van der Waals surface area contributed by atoms with Crippen LogP contribution in [-0.4, -0.2) is 33.8 Å². The summed E-state index contributed by atoms with van der Waals surface area (Å²) in [6.07, 6.45) is 1.17. The molecule has 34 heavy (non-hydrogen) atoms. The molecule has 0 fully saturated rings. The Morgan fingerprint density at radius 3 is 1.79 bits per heavy atom. The summed E-state index contributed by atoms with van der Waals surface area (Å²) in [6, 6.07) is 21.4. The summed E-state index contributed by atoms with van der Waals surface area (Å²) in [7, 11) is -3.51. The number of nitrogens with zero attached hydrogens (tertiary/aromatic N) is 1. The highest BCUT2D eigenvalue weighted by Crippen LogP contribution is 2.24. The highest BCUT2D eigenvalue weighted by atomic mass is 32.2. The van der Waals surface area contributed by atoms with Crippen LogP contribution in [0, 0.1) is 0 Å². The molecule has 180 valence electrons. The summed E-state index contributed by atoms with van der Waals surface area (Å²) < 4.78 is 37.0. The summed E-state index contributed by atoms with van der Waals surface area (Å²) in [5.74, 6) is 1.27. The minimum atomic E-state index is -3.51. The molecule has 0 atom stereocenters. The molecule has 1 amide bonds. The molecule has 0 heterocycles. The maximum absolute atomic E-state index is 12.5. The zero-order valence-corrected chi connectivity index (χ0v) is 20.5. The summed E-state index contributed by atoms with van der Waals surface area (Å²) >= 11 is 0. The van der Waals surface area contributed by atoms with Crippen LogP contribution >= 0.6 is 0 Å². The Hall–Kier alpha value is -3.52. The van der Waals surface area contributed by atoms with Gasteiger partial charge in [0.25, 0.3) is 5.91 Å². The fourth-order valence-electron chi connectivity index (χ4n) is 3.36. The lowest BCUT2D eigenvalue weighted by Crippen LogP contribution is -2.29. The minimum absolute atomic E-state index is 0.154. The Morgan fingerprint density at radius 1 is 0.794 bits per heavy atom. The van der Waals surface area contributed by atoms with Crippen molar-refractivity contribution in [2.24, 2.45) is 0 Å². The molecule has 8 heteroatoms.